The number of hydrogen-bond donors (Lipinski definition) is 2. The number of benzene rings is 1. The van der Waals surface area contributed by atoms with Crippen molar-refractivity contribution in [2.75, 3.05) is 19.8 Å². The number of amides is 2. The largest absolute Gasteiger partial charge is 0.381 e. The van der Waals surface area contributed by atoms with E-state index >= 15 is 0 Å². The van der Waals surface area contributed by atoms with Gasteiger partial charge in [0.1, 0.15) is 0 Å². The molecule has 0 aromatic heterocycles. The van der Waals surface area contributed by atoms with Gasteiger partial charge in [0.15, 0.2) is 0 Å². The molecular weight excluding hydrogens is 440 g/mol. The van der Waals surface area contributed by atoms with Crippen LogP contribution in [-0.4, -0.2) is 40.0 Å². The second kappa shape index (κ2) is 8.69. The Morgan fingerprint density at radius 2 is 1.88 bits per heavy atom. The molecule has 1 aromatic rings. The van der Waals surface area contributed by atoms with Gasteiger partial charge in [-0.3, -0.25) is 9.59 Å². The van der Waals surface area contributed by atoms with Crippen molar-refractivity contribution in [1.29, 1.82) is 0 Å². The number of hydrogen-bond acceptors (Lipinski definition) is 5. The topological polar surface area (TPSA) is 102 Å². The lowest BCUT2D eigenvalue weighted by Gasteiger charge is -2.22. The van der Waals surface area contributed by atoms with E-state index in [0.29, 0.717) is 35.4 Å². The van der Waals surface area contributed by atoms with Crippen LogP contribution in [-0.2, 0) is 19.6 Å². The average Bonchev–Trinajstić information content (AvgIpc) is 3.69. The maximum Gasteiger partial charge on any atom is 0.264 e. The minimum absolute atomic E-state index is 0.0310. The fourth-order valence-electron chi connectivity index (χ4n) is 6.13. The lowest BCUT2D eigenvalue weighted by Crippen LogP contribution is -2.37. The third kappa shape index (κ3) is 4.69. The van der Waals surface area contributed by atoms with Crippen LogP contribution in [0.2, 0.25) is 0 Å². The quantitative estimate of drug-likeness (QED) is 0.632. The second-order valence-electron chi connectivity index (χ2n) is 10.6. The molecule has 2 N–H and O–H groups in total. The van der Waals surface area contributed by atoms with Crippen molar-refractivity contribution in [3.8, 4) is 0 Å². The van der Waals surface area contributed by atoms with Crippen molar-refractivity contribution in [2.45, 2.75) is 63.2 Å². The molecule has 33 heavy (non-hydrogen) atoms. The van der Waals surface area contributed by atoms with Crippen LogP contribution < -0.4 is 10.0 Å². The Labute approximate surface area is 196 Å². The molecule has 7 nitrogen and oxygen atoms in total. The van der Waals surface area contributed by atoms with Crippen LogP contribution in [0.3, 0.4) is 0 Å². The van der Waals surface area contributed by atoms with Gasteiger partial charge >= 0.3 is 0 Å². The summed E-state index contributed by atoms with van der Waals surface area (Å²) in [5, 5.41) is 3.00. The molecule has 8 heteroatoms. The SMILES string of the molecule is Cc1ccc(S(=O)(=O)NC(=O)C2CCCC23CC3)cc1C(=O)NC[C@@H]1C[C@H]1C1CCOCC1. The highest BCUT2D eigenvalue weighted by atomic mass is 32.2. The monoisotopic (exact) mass is 474 g/mol. The van der Waals surface area contributed by atoms with Gasteiger partial charge in [-0.15, -0.1) is 0 Å². The van der Waals surface area contributed by atoms with Crippen LogP contribution in [0.1, 0.15) is 67.3 Å². The average molecular weight is 475 g/mol. The second-order valence-corrected chi connectivity index (χ2v) is 12.3. The molecule has 4 aliphatic rings. The third-order valence-electron chi connectivity index (χ3n) is 8.49. The Kier molecular flexibility index (Phi) is 6.02. The van der Waals surface area contributed by atoms with E-state index in [1.165, 1.54) is 12.1 Å². The van der Waals surface area contributed by atoms with Crippen LogP contribution in [0.4, 0.5) is 0 Å². The minimum Gasteiger partial charge on any atom is -0.381 e. The molecule has 3 saturated carbocycles. The van der Waals surface area contributed by atoms with E-state index in [4.69, 9.17) is 4.74 Å². The maximum absolute atomic E-state index is 12.9. The summed E-state index contributed by atoms with van der Waals surface area (Å²) in [5.41, 5.74) is 1.08. The van der Waals surface area contributed by atoms with E-state index in [2.05, 4.69) is 10.0 Å². The molecule has 2 amide bonds. The van der Waals surface area contributed by atoms with Gasteiger partial charge in [-0.2, -0.15) is 0 Å². The molecule has 1 aliphatic heterocycles. The van der Waals surface area contributed by atoms with Crippen LogP contribution in [0, 0.1) is 36.0 Å². The molecule has 5 rings (SSSR count). The van der Waals surface area contributed by atoms with Crippen LogP contribution in [0.5, 0.6) is 0 Å². The highest BCUT2D eigenvalue weighted by Gasteiger charge is 2.55. The molecule has 4 fully saturated rings. The van der Waals surface area contributed by atoms with Crippen LogP contribution >= 0.6 is 0 Å². The summed E-state index contributed by atoms with van der Waals surface area (Å²) in [5.74, 6) is 0.954. The Morgan fingerprint density at radius 3 is 2.61 bits per heavy atom. The number of nitrogens with one attached hydrogen (secondary N) is 2. The highest BCUT2D eigenvalue weighted by Crippen LogP contribution is 2.61. The van der Waals surface area contributed by atoms with Gasteiger partial charge < -0.3 is 10.1 Å². The molecule has 0 radical (unpaired) electrons. The van der Waals surface area contributed by atoms with Crippen molar-refractivity contribution in [2.24, 2.45) is 29.1 Å². The number of ether oxygens (including phenoxy) is 1. The van der Waals surface area contributed by atoms with E-state index in [0.717, 1.165) is 64.6 Å². The third-order valence-corrected chi connectivity index (χ3v) is 9.83. The minimum atomic E-state index is -4.03. The van der Waals surface area contributed by atoms with Crippen molar-refractivity contribution >= 4 is 21.8 Å². The first kappa shape index (κ1) is 22.8. The number of carbonyl (C=O) groups excluding carboxylic acids is 2. The Morgan fingerprint density at radius 1 is 1.12 bits per heavy atom. The Hall–Kier alpha value is -1.93. The molecule has 1 heterocycles. The summed E-state index contributed by atoms with van der Waals surface area (Å²) in [7, 11) is -4.03. The van der Waals surface area contributed by atoms with Gasteiger partial charge in [0.2, 0.25) is 5.91 Å². The van der Waals surface area contributed by atoms with E-state index in [1.807, 2.05) is 0 Å². The summed E-state index contributed by atoms with van der Waals surface area (Å²) in [6.45, 7) is 4.07. The van der Waals surface area contributed by atoms with Crippen molar-refractivity contribution in [1.82, 2.24) is 10.0 Å². The van der Waals surface area contributed by atoms with E-state index in [9.17, 15) is 18.0 Å². The van der Waals surface area contributed by atoms with E-state index < -0.39 is 15.9 Å². The molecule has 180 valence electrons. The normalized spacial score (nSPS) is 28.5. The van der Waals surface area contributed by atoms with Gasteiger partial charge in [0.05, 0.1) is 4.90 Å². The molecule has 3 aliphatic carbocycles. The summed E-state index contributed by atoms with van der Waals surface area (Å²) in [6, 6.07) is 4.49. The molecule has 0 bridgehead atoms. The van der Waals surface area contributed by atoms with Gasteiger partial charge in [-0.1, -0.05) is 12.5 Å². The molecule has 1 spiro atoms. The first-order valence-corrected chi connectivity index (χ1v) is 13.8. The zero-order valence-corrected chi connectivity index (χ0v) is 20.1. The first-order chi connectivity index (χ1) is 15.8. The highest BCUT2D eigenvalue weighted by molar-refractivity contribution is 7.90. The molecule has 3 atom stereocenters. The summed E-state index contributed by atoms with van der Waals surface area (Å²) >= 11 is 0. The Balaban J connectivity index is 1.21. The van der Waals surface area contributed by atoms with Gasteiger partial charge in [-0.05, 0) is 92.7 Å². The van der Waals surface area contributed by atoms with Gasteiger partial charge in [0.25, 0.3) is 15.9 Å². The van der Waals surface area contributed by atoms with Crippen molar-refractivity contribution in [3.63, 3.8) is 0 Å². The van der Waals surface area contributed by atoms with Gasteiger partial charge in [0, 0.05) is 31.2 Å². The standard InChI is InChI=1S/C25H34N2O5S/c1-16-4-5-19(33(30,31)27-24(29)22-3-2-8-25(22)9-10-25)14-20(16)23(28)26-15-18-13-21(18)17-6-11-32-12-7-17/h4-5,14,17-18,21-22H,2-3,6-13,15H2,1H3,(H,26,28)(H,27,29)/t18-,21-,22?/m0/s1. The molecule has 1 aromatic carbocycles. The fourth-order valence-corrected chi connectivity index (χ4v) is 7.17. The summed E-state index contributed by atoms with van der Waals surface area (Å²) in [6.07, 6.45) is 8.09. The zero-order chi connectivity index (χ0) is 23.2. The molecular formula is C25H34N2O5S. The lowest BCUT2D eigenvalue weighted by molar-refractivity contribution is -0.124. The van der Waals surface area contributed by atoms with Crippen LogP contribution in [0.25, 0.3) is 0 Å². The predicted molar refractivity (Wildman–Crippen MR) is 123 cm³/mol. The van der Waals surface area contributed by atoms with Crippen molar-refractivity contribution in [3.05, 3.63) is 29.3 Å². The zero-order valence-electron chi connectivity index (χ0n) is 19.3. The number of carbonyl (C=O) groups is 2. The Bertz CT molecular complexity index is 1040. The van der Waals surface area contributed by atoms with Gasteiger partial charge in [-0.25, -0.2) is 13.1 Å². The maximum atomic E-state index is 12.9. The van der Waals surface area contributed by atoms with Crippen molar-refractivity contribution < 1.29 is 22.7 Å². The molecule has 1 unspecified atom stereocenters. The fraction of sp³-hybridized carbons (Fsp3) is 0.680. The summed E-state index contributed by atoms with van der Waals surface area (Å²) < 4.78 is 33.6. The number of aryl methyl sites for hydroxylation is 1. The molecule has 1 saturated heterocycles. The summed E-state index contributed by atoms with van der Waals surface area (Å²) in [4.78, 5) is 25.6. The number of sulfonamides is 1. The lowest BCUT2D eigenvalue weighted by atomic mass is 9.92. The smallest absolute Gasteiger partial charge is 0.264 e. The predicted octanol–water partition coefficient (Wildman–Crippen LogP) is 3.17. The van der Waals surface area contributed by atoms with E-state index in [-0.39, 0.29) is 22.1 Å². The number of rotatable bonds is 7. The first-order valence-electron chi connectivity index (χ1n) is 12.3. The van der Waals surface area contributed by atoms with Crippen LogP contribution in [0.15, 0.2) is 23.1 Å². The van der Waals surface area contributed by atoms with E-state index in [1.54, 1.807) is 13.0 Å².